The van der Waals surface area contributed by atoms with Gasteiger partial charge in [-0.25, -0.2) is 4.79 Å². The molecule has 3 aromatic heterocycles. The summed E-state index contributed by atoms with van der Waals surface area (Å²) in [4.78, 5) is 29.4. The Kier molecular flexibility index (Phi) is 7.04. The number of carbonyl (C=O) groups is 2. The van der Waals surface area contributed by atoms with E-state index in [0.29, 0.717) is 28.7 Å². The van der Waals surface area contributed by atoms with Crippen LogP contribution in [0.3, 0.4) is 0 Å². The Morgan fingerprint density at radius 1 is 1.42 bits per heavy atom. The lowest BCUT2D eigenvalue weighted by molar-refractivity contribution is -0.111. The Bertz CT molecular complexity index is 1160. The fourth-order valence-electron chi connectivity index (χ4n) is 3.62. The van der Waals surface area contributed by atoms with Crippen LogP contribution in [0.4, 0.5) is 15.5 Å². The molecule has 4 rings (SSSR count). The minimum Gasteiger partial charge on any atom is -0.449 e. The number of fused-ring (bicyclic) bond motifs is 1. The highest BCUT2D eigenvalue weighted by Gasteiger charge is 2.26. The lowest BCUT2D eigenvalue weighted by Gasteiger charge is -2.22. The number of anilines is 2. The van der Waals surface area contributed by atoms with E-state index in [2.05, 4.69) is 20.8 Å². The number of carbonyl (C=O) groups excluding carboxylic acids is 2. The molecule has 0 aliphatic heterocycles. The van der Waals surface area contributed by atoms with Gasteiger partial charge in [-0.15, -0.1) is 11.3 Å². The number of pyridine rings is 1. The number of aryl methyl sites for hydroxylation is 1. The number of amides is 2. The Morgan fingerprint density at radius 2 is 2.30 bits per heavy atom. The lowest BCUT2D eigenvalue weighted by atomic mass is 9.89. The van der Waals surface area contributed by atoms with Gasteiger partial charge in [-0.2, -0.15) is 0 Å². The number of alkyl carbamates (subject to hydrolysis) is 1. The Balaban J connectivity index is 1.27. The molecule has 3 aromatic rings. The van der Waals surface area contributed by atoms with E-state index >= 15 is 0 Å². The molecule has 3 heterocycles. The van der Waals surface area contributed by atoms with Gasteiger partial charge >= 0.3 is 6.09 Å². The average molecular weight is 468 g/mol. The zero-order valence-corrected chi connectivity index (χ0v) is 19.0. The molecule has 33 heavy (non-hydrogen) atoms. The van der Waals surface area contributed by atoms with E-state index in [9.17, 15) is 9.59 Å². The van der Waals surface area contributed by atoms with Gasteiger partial charge in [0, 0.05) is 29.4 Å². The van der Waals surface area contributed by atoms with Gasteiger partial charge in [0.05, 0.1) is 18.8 Å². The van der Waals surface area contributed by atoms with Crippen molar-refractivity contribution in [2.45, 2.75) is 32.7 Å². The van der Waals surface area contributed by atoms with Crippen molar-refractivity contribution in [3.63, 3.8) is 0 Å². The molecule has 0 spiro atoms. The summed E-state index contributed by atoms with van der Waals surface area (Å²) >= 11 is 1.48. The number of thiophene rings is 1. The SMILES string of the molecule is Cc1cc(CNC(=O)OC[C@@H]2CCc3c(sc(NC(=O)/C=C/c4cccnc4)c3N)C2)no1. The number of hydrogen-bond acceptors (Lipinski definition) is 8. The second-order valence-corrected chi connectivity index (χ2v) is 8.95. The summed E-state index contributed by atoms with van der Waals surface area (Å²) in [7, 11) is 0. The fraction of sp³-hybridized carbons (Fsp3) is 0.304. The second kappa shape index (κ2) is 10.3. The van der Waals surface area contributed by atoms with E-state index in [4.69, 9.17) is 15.0 Å². The van der Waals surface area contributed by atoms with Crippen molar-refractivity contribution in [3.8, 4) is 0 Å². The molecule has 172 valence electrons. The minimum absolute atomic E-state index is 0.199. The van der Waals surface area contributed by atoms with Crippen LogP contribution in [-0.2, 0) is 28.9 Å². The van der Waals surface area contributed by atoms with Crippen LogP contribution in [0.5, 0.6) is 0 Å². The number of nitrogen functional groups attached to an aromatic ring is 1. The Morgan fingerprint density at radius 3 is 3.06 bits per heavy atom. The predicted octanol–water partition coefficient (Wildman–Crippen LogP) is 3.70. The fourth-order valence-corrected chi connectivity index (χ4v) is 4.91. The molecule has 2 amide bonds. The number of aromatic nitrogens is 2. The van der Waals surface area contributed by atoms with Crippen molar-refractivity contribution in [2.75, 3.05) is 17.7 Å². The second-order valence-electron chi connectivity index (χ2n) is 7.85. The maximum atomic E-state index is 12.3. The number of nitrogens with two attached hydrogens (primary N) is 1. The molecule has 0 radical (unpaired) electrons. The van der Waals surface area contributed by atoms with Gasteiger partial charge in [0.15, 0.2) is 0 Å². The van der Waals surface area contributed by atoms with E-state index in [-0.39, 0.29) is 18.4 Å². The first-order chi connectivity index (χ1) is 16.0. The normalized spacial score (nSPS) is 15.2. The van der Waals surface area contributed by atoms with Gasteiger partial charge < -0.3 is 25.6 Å². The summed E-state index contributed by atoms with van der Waals surface area (Å²) < 4.78 is 10.4. The summed E-state index contributed by atoms with van der Waals surface area (Å²) in [5, 5.41) is 10.0. The third-order valence-electron chi connectivity index (χ3n) is 5.30. The molecule has 0 saturated heterocycles. The minimum atomic E-state index is -0.486. The highest BCUT2D eigenvalue weighted by atomic mass is 32.1. The zero-order chi connectivity index (χ0) is 23.2. The molecule has 0 bridgehead atoms. The molecular weight excluding hydrogens is 442 g/mol. The monoisotopic (exact) mass is 467 g/mol. The molecule has 4 N–H and O–H groups in total. The van der Waals surface area contributed by atoms with E-state index < -0.39 is 6.09 Å². The third kappa shape index (κ3) is 5.98. The molecule has 0 saturated carbocycles. The van der Waals surface area contributed by atoms with Gasteiger partial charge in [0.25, 0.3) is 0 Å². The summed E-state index contributed by atoms with van der Waals surface area (Å²) in [6.07, 6.45) is 8.43. The van der Waals surface area contributed by atoms with E-state index in [1.165, 1.54) is 17.4 Å². The lowest BCUT2D eigenvalue weighted by Crippen LogP contribution is -2.27. The smallest absolute Gasteiger partial charge is 0.407 e. The first-order valence-electron chi connectivity index (χ1n) is 10.6. The quantitative estimate of drug-likeness (QED) is 0.451. The number of ether oxygens (including phenoxy) is 1. The van der Waals surface area contributed by atoms with Crippen molar-refractivity contribution < 1.29 is 18.8 Å². The van der Waals surface area contributed by atoms with Crippen molar-refractivity contribution in [1.82, 2.24) is 15.5 Å². The highest BCUT2D eigenvalue weighted by Crippen LogP contribution is 2.41. The summed E-state index contributed by atoms with van der Waals surface area (Å²) in [5.41, 5.74) is 9.48. The van der Waals surface area contributed by atoms with Gasteiger partial charge in [0.2, 0.25) is 5.91 Å². The van der Waals surface area contributed by atoms with Crippen molar-refractivity contribution in [2.24, 2.45) is 5.92 Å². The summed E-state index contributed by atoms with van der Waals surface area (Å²) in [6, 6.07) is 5.44. The standard InChI is InChI=1S/C23H25N5O4S/c1-14-9-17(28-32-14)12-26-23(30)31-13-16-4-6-18-19(10-16)33-22(21(18)24)27-20(29)7-5-15-3-2-8-25-11-15/h2-3,5,7-9,11,16H,4,6,10,12-13,24H2,1H3,(H,26,30)(H,27,29)/b7-5+/t16-/m1/s1. The highest BCUT2D eigenvalue weighted by molar-refractivity contribution is 7.17. The van der Waals surface area contributed by atoms with Crippen molar-refractivity contribution >= 4 is 40.1 Å². The van der Waals surface area contributed by atoms with Crippen molar-refractivity contribution in [3.05, 3.63) is 64.1 Å². The molecule has 0 aromatic carbocycles. The first-order valence-corrected chi connectivity index (χ1v) is 11.4. The van der Waals surface area contributed by atoms with E-state index in [1.54, 1.807) is 31.5 Å². The summed E-state index contributed by atoms with van der Waals surface area (Å²) in [6.45, 7) is 2.36. The van der Waals surface area contributed by atoms with Crippen LogP contribution in [0.1, 0.15) is 33.9 Å². The number of rotatable bonds is 7. The van der Waals surface area contributed by atoms with Crippen LogP contribution in [-0.4, -0.2) is 28.7 Å². The first kappa shape index (κ1) is 22.5. The van der Waals surface area contributed by atoms with Crippen LogP contribution < -0.4 is 16.4 Å². The molecule has 1 atom stereocenters. The van der Waals surface area contributed by atoms with Crippen LogP contribution in [0.25, 0.3) is 6.08 Å². The topological polar surface area (TPSA) is 132 Å². The van der Waals surface area contributed by atoms with E-state index in [0.717, 1.165) is 35.3 Å². The van der Waals surface area contributed by atoms with Crippen LogP contribution in [0.2, 0.25) is 0 Å². The largest absolute Gasteiger partial charge is 0.449 e. The molecular formula is C23H25N5O4S. The Hall–Kier alpha value is -3.66. The van der Waals surface area contributed by atoms with Crippen molar-refractivity contribution in [1.29, 1.82) is 0 Å². The molecule has 10 heteroatoms. The van der Waals surface area contributed by atoms with Gasteiger partial charge in [0.1, 0.15) is 16.5 Å². The average Bonchev–Trinajstić information content (AvgIpc) is 3.38. The zero-order valence-electron chi connectivity index (χ0n) is 18.2. The van der Waals surface area contributed by atoms with Gasteiger partial charge in [-0.05, 0) is 55.4 Å². The number of nitrogens with zero attached hydrogens (tertiary/aromatic N) is 2. The number of hydrogen-bond donors (Lipinski definition) is 3. The molecule has 1 aliphatic rings. The molecule has 1 aliphatic carbocycles. The molecule has 0 unspecified atom stereocenters. The van der Waals surface area contributed by atoms with Crippen LogP contribution in [0, 0.1) is 12.8 Å². The Labute approximate surface area is 195 Å². The predicted molar refractivity (Wildman–Crippen MR) is 126 cm³/mol. The van der Waals surface area contributed by atoms with Crippen LogP contribution in [0.15, 0.2) is 41.2 Å². The van der Waals surface area contributed by atoms with E-state index in [1.807, 2.05) is 12.1 Å². The van der Waals surface area contributed by atoms with Crippen LogP contribution >= 0.6 is 11.3 Å². The van der Waals surface area contributed by atoms with Gasteiger partial charge in [-0.3, -0.25) is 9.78 Å². The maximum Gasteiger partial charge on any atom is 0.407 e. The maximum absolute atomic E-state index is 12.3. The third-order valence-corrected chi connectivity index (χ3v) is 6.48. The summed E-state index contributed by atoms with van der Waals surface area (Å²) in [5.74, 6) is 0.640. The van der Waals surface area contributed by atoms with Gasteiger partial charge in [-0.1, -0.05) is 11.2 Å². The molecule has 0 fully saturated rings. The number of nitrogens with one attached hydrogen (secondary N) is 2. The molecule has 9 nitrogen and oxygen atoms in total.